The molecule has 29 heavy (non-hydrogen) atoms. The minimum Gasteiger partial charge on any atom is -0.496 e. The molecule has 0 atom stereocenters. The molecule has 0 saturated heterocycles. The Bertz CT molecular complexity index is 1100. The van der Waals surface area contributed by atoms with Gasteiger partial charge in [-0.15, -0.1) is 0 Å². The number of para-hydroxylation sites is 1. The summed E-state index contributed by atoms with van der Waals surface area (Å²) in [6.07, 6.45) is 1.76. The molecular formula is C22H22N4O2S. The summed E-state index contributed by atoms with van der Waals surface area (Å²) in [5.74, 6) is 1.34. The van der Waals surface area contributed by atoms with Crippen LogP contribution in [0.15, 0.2) is 41.4 Å². The van der Waals surface area contributed by atoms with Crippen molar-refractivity contribution in [3.8, 4) is 33.9 Å². The zero-order valence-corrected chi connectivity index (χ0v) is 17.9. The van der Waals surface area contributed by atoms with E-state index in [0.29, 0.717) is 27.8 Å². The number of hydrogen-bond donors (Lipinski definition) is 0. The van der Waals surface area contributed by atoms with Crippen LogP contribution in [0.25, 0.3) is 11.3 Å². The second kappa shape index (κ2) is 8.76. The zero-order valence-electron chi connectivity index (χ0n) is 17.1. The highest BCUT2D eigenvalue weighted by molar-refractivity contribution is 7.08. The van der Waals surface area contributed by atoms with Crippen molar-refractivity contribution in [1.29, 1.82) is 5.26 Å². The predicted molar refractivity (Wildman–Crippen MR) is 117 cm³/mol. The molecule has 0 amide bonds. The molecule has 0 fully saturated rings. The van der Waals surface area contributed by atoms with Gasteiger partial charge in [-0.3, -0.25) is 0 Å². The molecule has 3 rings (SSSR count). The Hall–Kier alpha value is -3.37. The van der Waals surface area contributed by atoms with Gasteiger partial charge in [-0.25, -0.2) is 4.99 Å². The second-order valence-corrected chi connectivity index (χ2v) is 7.46. The topological polar surface area (TPSA) is 70.7 Å². The van der Waals surface area contributed by atoms with Crippen molar-refractivity contribution in [3.63, 3.8) is 0 Å². The molecule has 0 spiro atoms. The van der Waals surface area contributed by atoms with E-state index in [1.54, 1.807) is 13.4 Å². The molecule has 0 aliphatic carbocycles. The van der Waals surface area contributed by atoms with Gasteiger partial charge in [-0.2, -0.15) is 9.64 Å². The fourth-order valence-corrected chi connectivity index (χ4v) is 3.49. The Labute approximate surface area is 174 Å². The van der Waals surface area contributed by atoms with Crippen molar-refractivity contribution in [3.05, 3.63) is 53.1 Å². The van der Waals surface area contributed by atoms with E-state index in [2.05, 4.69) is 15.4 Å². The Kier molecular flexibility index (Phi) is 6.15. The second-order valence-electron chi connectivity index (χ2n) is 6.72. The third-order valence-corrected chi connectivity index (χ3v) is 4.99. The van der Waals surface area contributed by atoms with E-state index in [-0.39, 0.29) is 0 Å². The molecule has 2 aromatic carbocycles. The van der Waals surface area contributed by atoms with Gasteiger partial charge in [-0.05, 0) is 49.2 Å². The van der Waals surface area contributed by atoms with Crippen LogP contribution in [-0.2, 0) is 0 Å². The van der Waals surface area contributed by atoms with Gasteiger partial charge in [0.25, 0.3) is 0 Å². The summed E-state index contributed by atoms with van der Waals surface area (Å²) in [5, 5.41) is 10.2. The molecule has 0 aliphatic rings. The summed E-state index contributed by atoms with van der Waals surface area (Å²) in [6, 6.07) is 13.6. The van der Waals surface area contributed by atoms with Crippen molar-refractivity contribution in [1.82, 2.24) is 9.27 Å². The number of rotatable bonds is 6. The standard InChI is InChI=1S/C22H22N4O2S/c1-14-11-20(15(2)10-18(14)24-13-26(3)4)28-22-17(12-23)21(25-29-22)16-8-6-7-9-19(16)27-5/h6-11,13H,1-5H3. The number of benzene rings is 2. The highest BCUT2D eigenvalue weighted by Crippen LogP contribution is 2.41. The molecule has 6 nitrogen and oxygen atoms in total. The van der Waals surface area contributed by atoms with E-state index in [9.17, 15) is 5.26 Å². The van der Waals surface area contributed by atoms with Crippen LogP contribution in [-0.4, -0.2) is 36.8 Å². The first kappa shape index (κ1) is 20.4. The lowest BCUT2D eigenvalue weighted by Gasteiger charge is -2.11. The Morgan fingerprint density at radius 3 is 2.59 bits per heavy atom. The molecule has 3 aromatic rings. The lowest BCUT2D eigenvalue weighted by atomic mass is 10.1. The van der Waals surface area contributed by atoms with Gasteiger partial charge in [0.05, 0.1) is 19.1 Å². The van der Waals surface area contributed by atoms with Gasteiger partial charge in [0.2, 0.25) is 5.06 Å². The van der Waals surface area contributed by atoms with E-state index in [1.807, 2.05) is 69.2 Å². The smallest absolute Gasteiger partial charge is 0.218 e. The largest absolute Gasteiger partial charge is 0.496 e. The van der Waals surface area contributed by atoms with Crippen molar-refractivity contribution in [2.75, 3.05) is 21.2 Å². The SMILES string of the molecule is COc1ccccc1-c1nsc(Oc2cc(C)c(N=CN(C)C)cc2C)c1C#N. The molecule has 0 N–H and O–H groups in total. The van der Waals surface area contributed by atoms with Gasteiger partial charge < -0.3 is 14.4 Å². The highest BCUT2D eigenvalue weighted by atomic mass is 32.1. The summed E-state index contributed by atoms with van der Waals surface area (Å²) in [6.45, 7) is 3.93. The summed E-state index contributed by atoms with van der Waals surface area (Å²) in [4.78, 5) is 6.36. The average molecular weight is 407 g/mol. The first-order chi connectivity index (χ1) is 13.9. The van der Waals surface area contributed by atoms with Crippen molar-refractivity contribution in [2.45, 2.75) is 13.8 Å². The number of aryl methyl sites for hydroxylation is 2. The summed E-state index contributed by atoms with van der Waals surface area (Å²) in [5.41, 5.74) is 4.51. The van der Waals surface area contributed by atoms with E-state index in [0.717, 1.165) is 33.9 Å². The maximum atomic E-state index is 9.75. The van der Waals surface area contributed by atoms with Gasteiger partial charge in [-0.1, -0.05) is 12.1 Å². The van der Waals surface area contributed by atoms with Gasteiger partial charge in [0.1, 0.15) is 28.8 Å². The van der Waals surface area contributed by atoms with Crippen molar-refractivity contribution in [2.24, 2.45) is 4.99 Å². The van der Waals surface area contributed by atoms with E-state index in [1.165, 1.54) is 0 Å². The third kappa shape index (κ3) is 4.39. The van der Waals surface area contributed by atoms with Crippen LogP contribution in [0.2, 0.25) is 0 Å². The Morgan fingerprint density at radius 2 is 1.90 bits per heavy atom. The fourth-order valence-electron chi connectivity index (χ4n) is 2.77. The summed E-state index contributed by atoms with van der Waals surface area (Å²) < 4.78 is 16.0. The lowest BCUT2D eigenvalue weighted by Crippen LogP contribution is -2.07. The third-order valence-electron chi connectivity index (χ3n) is 4.26. The van der Waals surface area contributed by atoms with Crippen LogP contribution in [0, 0.1) is 25.2 Å². The molecular weight excluding hydrogens is 384 g/mol. The number of aromatic nitrogens is 1. The predicted octanol–water partition coefficient (Wildman–Crippen LogP) is 5.32. The average Bonchev–Trinajstić information content (AvgIpc) is 3.11. The number of aliphatic imine (C=N–C) groups is 1. The number of methoxy groups -OCH3 is 1. The molecule has 1 aromatic heterocycles. The van der Waals surface area contributed by atoms with Crippen LogP contribution >= 0.6 is 11.5 Å². The minimum absolute atomic E-state index is 0.395. The van der Waals surface area contributed by atoms with E-state index >= 15 is 0 Å². The van der Waals surface area contributed by atoms with E-state index in [4.69, 9.17) is 9.47 Å². The number of hydrogen-bond acceptors (Lipinski definition) is 6. The summed E-state index contributed by atoms with van der Waals surface area (Å²) >= 11 is 1.16. The molecule has 0 unspecified atom stereocenters. The van der Waals surface area contributed by atoms with Crippen molar-refractivity contribution >= 4 is 23.6 Å². The quantitative estimate of drug-likeness (QED) is 0.409. The zero-order chi connectivity index (χ0) is 21.0. The normalized spacial score (nSPS) is 10.8. The van der Waals surface area contributed by atoms with Crippen LogP contribution in [0.1, 0.15) is 16.7 Å². The molecule has 148 valence electrons. The molecule has 0 saturated carbocycles. The van der Waals surface area contributed by atoms with E-state index < -0.39 is 0 Å². The van der Waals surface area contributed by atoms with Gasteiger partial charge >= 0.3 is 0 Å². The Balaban J connectivity index is 1.97. The molecule has 7 heteroatoms. The first-order valence-electron chi connectivity index (χ1n) is 8.97. The maximum Gasteiger partial charge on any atom is 0.218 e. The monoisotopic (exact) mass is 406 g/mol. The maximum absolute atomic E-state index is 9.75. The van der Waals surface area contributed by atoms with Gasteiger partial charge in [0.15, 0.2) is 0 Å². The Morgan fingerprint density at radius 1 is 1.14 bits per heavy atom. The molecule has 0 bridgehead atoms. The fraction of sp³-hybridized carbons (Fsp3) is 0.227. The molecule has 0 radical (unpaired) electrons. The summed E-state index contributed by atoms with van der Waals surface area (Å²) in [7, 11) is 5.45. The number of nitrogens with zero attached hydrogens (tertiary/aromatic N) is 4. The highest BCUT2D eigenvalue weighted by Gasteiger charge is 2.20. The van der Waals surface area contributed by atoms with Gasteiger partial charge in [0, 0.05) is 31.2 Å². The number of nitriles is 1. The van der Waals surface area contributed by atoms with Crippen LogP contribution < -0.4 is 9.47 Å². The first-order valence-corrected chi connectivity index (χ1v) is 9.74. The van der Waals surface area contributed by atoms with Crippen LogP contribution in [0.5, 0.6) is 16.6 Å². The number of ether oxygens (including phenoxy) is 2. The van der Waals surface area contributed by atoms with Crippen LogP contribution in [0.3, 0.4) is 0 Å². The molecule has 0 aliphatic heterocycles. The molecule has 1 heterocycles. The lowest BCUT2D eigenvalue weighted by molar-refractivity contribution is 0.416. The van der Waals surface area contributed by atoms with Crippen molar-refractivity contribution < 1.29 is 9.47 Å². The minimum atomic E-state index is 0.395. The van der Waals surface area contributed by atoms with Crippen LogP contribution in [0.4, 0.5) is 5.69 Å².